The molecule has 0 bridgehead atoms. The quantitative estimate of drug-likeness (QED) is 0.745. The lowest BCUT2D eigenvalue weighted by Crippen LogP contribution is -2.43. The predicted octanol–water partition coefficient (Wildman–Crippen LogP) is 1.99. The molecule has 2 rings (SSSR count). The molecule has 0 saturated heterocycles. The van der Waals surface area contributed by atoms with Crippen LogP contribution in [0.3, 0.4) is 0 Å². The van der Waals surface area contributed by atoms with Crippen LogP contribution in [0.1, 0.15) is 11.8 Å². The van der Waals surface area contributed by atoms with Gasteiger partial charge in [0.05, 0.1) is 12.2 Å². The van der Waals surface area contributed by atoms with Gasteiger partial charge in [0.25, 0.3) is 0 Å². The summed E-state index contributed by atoms with van der Waals surface area (Å²) in [6.45, 7) is 1.29. The van der Waals surface area contributed by atoms with Gasteiger partial charge in [-0.1, -0.05) is 12.1 Å². The van der Waals surface area contributed by atoms with Gasteiger partial charge >= 0.3 is 11.8 Å². The number of aliphatic hydroxyl groups is 1. The van der Waals surface area contributed by atoms with Gasteiger partial charge in [0.15, 0.2) is 11.6 Å². The van der Waals surface area contributed by atoms with Crippen molar-refractivity contribution in [1.29, 1.82) is 0 Å². The third-order valence-corrected chi connectivity index (χ3v) is 4.17. The van der Waals surface area contributed by atoms with Crippen molar-refractivity contribution < 1.29 is 23.5 Å². The van der Waals surface area contributed by atoms with Crippen LogP contribution in [0.4, 0.5) is 14.5 Å². The Morgan fingerprint density at radius 1 is 1.22 bits per heavy atom. The normalized spacial score (nSPS) is 13.2. The van der Waals surface area contributed by atoms with Crippen LogP contribution in [0.15, 0.2) is 35.7 Å². The molecule has 0 spiro atoms. The summed E-state index contributed by atoms with van der Waals surface area (Å²) < 4.78 is 26.5. The molecule has 0 aliphatic carbocycles. The van der Waals surface area contributed by atoms with Gasteiger partial charge < -0.3 is 15.7 Å². The molecule has 1 unspecified atom stereocenters. The van der Waals surface area contributed by atoms with E-state index in [9.17, 15) is 23.5 Å². The minimum Gasteiger partial charge on any atom is -0.383 e. The number of anilines is 1. The highest BCUT2D eigenvalue weighted by Crippen LogP contribution is 2.24. The molecule has 1 atom stereocenters. The highest BCUT2D eigenvalue weighted by atomic mass is 32.1. The molecule has 1 heterocycles. The van der Waals surface area contributed by atoms with Crippen molar-refractivity contribution in [1.82, 2.24) is 5.32 Å². The van der Waals surface area contributed by atoms with Crippen LogP contribution in [0.5, 0.6) is 0 Å². The minimum absolute atomic E-state index is 0.203. The average Bonchev–Trinajstić information content (AvgIpc) is 3.04. The van der Waals surface area contributed by atoms with Gasteiger partial charge in [-0.25, -0.2) is 8.78 Å². The van der Waals surface area contributed by atoms with E-state index in [1.165, 1.54) is 24.3 Å². The summed E-state index contributed by atoms with van der Waals surface area (Å²) in [5.41, 5.74) is -1.77. The smallest absolute Gasteiger partial charge is 0.313 e. The van der Waals surface area contributed by atoms with Gasteiger partial charge in [-0.05, 0) is 30.5 Å². The summed E-state index contributed by atoms with van der Waals surface area (Å²) in [6.07, 6.45) is 0. The van der Waals surface area contributed by atoms with E-state index in [1.807, 2.05) is 5.32 Å². The zero-order valence-corrected chi connectivity index (χ0v) is 12.9. The Hall–Kier alpha value is -2.32. The third-order valence-electron chi connectivity index (χ3n) is 3.05. The maximum atomic E-state index is 13.4. The number of benzene rings is 1. The monoisotopic (exact) mass is 340 g/mol. The maximum absolute atomic E-state index is 13.4. The van der Waals surface area contributed by atoms with Crippen LogP contribution in [0.2, 0.25) is 0 Å². The van der Waals surface area contributed by atoms with E-state index < -0.39 is 34.7 Å². The van der Waals surface area contributed by atoms with Crippen molar-refractivity contribution in [2.45, 2.75) is 12.5 Å². The molecule has 2 amide bonds. The number of carbonyl (C=O) groups excluding carboxylic acids is 2. The first kappa shape index (κ1) is 17.0. The van der Waals surface area contributed by atoms with Gasteiger partial charge in [-0.2, -0.15) is 0 Å². The number of hydrogen-bond acceptors (Lipinski definition) is 4. The summed E-state index contributed by atoms with van der Waals surface area (Å²) in [4.78, 5) is 24.0. The zero-order valence-electron chi connectivity index (χ0n) is 12.1. The Labute approximate surface area is 135 Å². The molecule has 0 radical (unpaired) electrons. The SMILES string of the molecule is CC(O)(CNC(=O)C(=O)Nc1cccc(F)c1F)c1cccs1. The number of hydrogen-bond donors (Lipinski definition) is 3. The Morgan fingerprint density at radius 2 is 1.96 bits per heavy atom. The first-order valence-electron chi connectivity index (χ1n) is 6.61. The fourth-order valence-corrected chi connectivity index (χ4v) is 2.57. The van der Waals surface area contributed by atoms with Crippen molar-refractivity contribution in [2.24, 2.45) is 0 Å². The Kier molecular flexibility index (Phi) is 5.07. The molecule has 2 aromatic rings. The number of nitrogens with one attached hydrogen (secondary N) is 2. The standard InChI is InChI=1S/C15H14F2N2O3S/c1-15(22,11-6-3-7-23-11)8-18-13(20)14(21)19-10-5-2-4-9(16)12(10)17/h2-7,22H,8H2,1H3,(H,18,20)(H,19,21). The highest BCUT2D eigenvalue weighted by molar-refractivity contribution is 7.10. The van der Waals surface area contributed by atoms with Crippen molar-refractivity contribution in [3.8, 4) is 0 Å². The topological polar surface area (TPSA) is 78.4 Å². The molecule has 8 heteroatoms. The van der Waals surface area contributed by atoms with Gasteiger partial charge in [-0.3, -0.25) is 9.59 Å². The summed E-state index contributed by atoms with van der Waals surface area (Å²) in [5.74, 6) is -4.61. The largest absolute Gasteiger partial charge is 0.383 e. The molecule has 1 aromatic carbocycles. The maximum Gasteiger partial charge on any atom is 0.313 e. The predicted molar refractivity (Wildman–Crippen MR) is 81.9 cm³/mol. The molecule has 0 fully saturated rings. The van der Waals surface area contributed by atoms with Crippen LogP contribution >= 0.6 is 11.3 Å². The van der Waals surface area contributed by atoms with Crippen molar-refractivity contribution in [2.75, 3.05) is 11.9 Å². The van der Waals surface area contributed by atoms with Gasteiger partial charge in [0.1, 0.15) is 5.60 Å². The molecule has 122 valence electrons. The van der Waals surface area contributed by atoms with Crippen molar-refractivity contribution >= 4 is 28.8 Å². The van der Waals surface area contributed by atoms with Gasteiger partial charge in [-0.15, -0.1) is 11.3 Å². The Morgan fingerprint density at radius 3 is 2.61 bits per heavy atom. The summed E-state index contributed by atoms with van der Waals surface area (Å²) in [5, 5.41) is 16.2. The van der Waals surface area contributed by atoms with E-state index in [0.717, 1.165) is 12.1 Å². The van der Waals surface area contributed by atoms with Crippen LogP contribution in [0.25, 0.3) is 0 Å². The second-order valence-corrected chi connectivity index (χ2v) is 5.94. The van der Waals surface area contributed by atoms with E-state index in [4.69, 9.17) is 0 Å². The summed E-state index contributed by atoms with van der Waals surface area (Å²) >= 11 is 1.30. The zero-order chi connectivity index (χ0) is 17.0. The molecule has 0 aliphatic rings. The molecule has 0 saturated carbocycles. The summed E-state index contributed by atoms with van der Waals surface area (Å²) in [6, 6.07) is 6.66. The van der Waals surface area contributed by atoms with Gasteiger partial charge in [0, 0.05) is 4.88 Å². The molecule has 0 aliphatic heterocycles. The van der Waals surface area contributed by atoms with E-state index in [2.05, 4.69) is 5.32 Å². The molecule has 1 aromatic heterocycles. The fourth-order valence-electron chi connectivity index (χ4n) is 1.78. The van der Waals surface area contributed by atoms with E-state index >= 15 is 0 Å². The number of carbonyl (C=O) groups is 2. The Bertz CT molecular complexity index is 718. The number of halogens is 2. The Balaban J connectivity index is 1.95. The lowest BCUT2D eigenvalue weighted by Gasteiger charge is -2.22. The van der Waals surface area contributed by atoms with Crippen LogP contribution in [0, 0.1) is 11.6 Å². The first-order valence-corrected chi connectivity index (χ1v) is 7.49. The van der Waals surface area contributed by atoms with Gasteiger partial charge in [0.2, 0.25) is 0 Å². The van der Waals surface area contributed by atoms with E-state index in [0.29, 0.717) is 4.88 Å². The van der Waals surface area contributed by atoms with Crippen LogP contribution in [-0.4, -0.2) is 23.5 Å². The lowest BCUT2D eigenvalue weighted by atomic mass is 10.1. The van der Waals surface area contributed by atoms with Crippen LogP contribution < -0.4 is 10.6 Å². The van der Waals surface area contributed by atoms with E-state index in [-0.39, 0.29) is 6.54 Å². The second kappa shape index (κ2) is 6.84. The number of thiophene rings is 1. The summed E-state index contributed by atoms with van der Waals surface area (Å²) in [7, 11) is 0. The molecular weight excluding hydrogens is 326 g/mol. The minimum atomic E-state index is -1.34. The molecule has 5 nitrogen and oxygen atoms in total. The van der Waals surface area contributed by atoms with E-state index in [1.54, 1.807) is 17.5 Å². The molecule has 3 N–H and O–H groups in total. The number of amides is 2. The molecular formula is C15H14F2N2O3S. The second-order valence-electron chi connectivity index (χ2n) is 4.99. The third kappa shape index (κ3) is 4.11. The lowest BCUT2D eigenvalue weighted by molar-refractivity contribution is -0.136. The van der Waals surface area contributed by atoms with Crippen molar-refractivity contribution in [3.05, 3.63) is 52.2 Å². The average molecular weight is 340 g/mol. The fraction of sp³-hybridized carbons (Fsp3) is 0.200. The highest BCUT2D eigenvalue weighted by Gasteiger charge is 2.26. The van der Waals surface area contributed by atoms with Crippen LogP contribution in [-0.2, 0) is 15.2 Å². The molecule has 23 heavy (non-hydrogen) atoms. The van der Waals surface area contributed by atoms with Crippen molar-refractivity contribution in [3.63, 3.8) is 0 Å². The number of rotatable bonds is 4. The first-order chi connectivity index (χ1) is 10.8.